The molecule has 1 fully saturated rings. The average molecular weight is 194 g/mol. The molecule has 0 radical (unpaired) electrons. The molecule has 0 saturated heterocycles. The molecule has 78 valence electrons. The van der Waals surface area contributed by atoms with Crippen LogP contribution in [0.15, 0.2) is 12.4 Å². The number of hydrogen-bond donors (Lipinski definition) is 0. The average Bonchev–Trinajstić information content (AvgIpc) is 2.82. The van der Waals surface area contributed by atoms with Crippen molar-refractivity contribution in [3.63, 3.8) is 0 Å². The zero-order valence-corrected chi connectivity index (χ0v) is 8.94. The van der Waals surface area contributed by atoms with Gasteiger partial charge >= 0.3 is 0 Å². The summed E-state index contributed by atoms with van der Waals surface area (Å²) in [5, 5.41) is 0. The Morgan fingerprint density at radius 1 is 1.57 bits per heavy atom. The van der Waals surface area contributed by atoms with E-state index >= 15 is 0 Å². The first-order valence-corrected chi connectivity index (χ1v) is 5.36. The van der Waals surface area contributed by atoms with Crippen molar-refractivity contribution >= 4 is 0 Å². The molecule has 1 aliphatic carbocycles. The van der Waals surface area contributed by atoms with Crippen LogP contribution in [0.3, 0.4) is 0 Å². The Balaban J connectivity index is 1.84. The van der Waals surface area contributed by atoms with Gasteiger partial charge in [-0.1, -0.05) is 13.8 Å². The van der Waals surface area contributed by atoms with E-state index in [-0.39, 0.29) is 0 Å². The monoisotopic (exact) mass is 194 g/mol. The Bertz CT molecular complexity index is 289. The topological polar surface area (TPSA) is 27.1 Å². The van der Waals surface area contributed by atoms with E-state index < -0.39 is 0 Å². The molecule has 2 rings (SSSR count). The van der Waals surface area contributed by atoms with Crippen LogP contribution in [0.2, 0.25) is 0 Å². The zero-order valence-electron chi connectivity index (χ0n) is 8.94. The summed E-state index contributed by atoms with van der Waals surface area (Å²) >= 11 is 0. The smallest absolute Gasteiger partial charge is 0.124 e. The van der Waals surface area contributed by atoms with Crippen LogP contribution in [0.4, 0.5) is 0 Å². The molecule has 0 amide bonds. The van der Waals surface area contributed by atoms with E-state index in [9.17, 15) is 0 Å². The lowest BCUT2D eigenvalue weighted by Crippen LogP contribution is -2.08. The largest absolute Gasteiger partial charge is 0.360 e. The predicted octanol–water partition coefficient (Wildman–Crippen LogP) is 2.39. The minimum atomic E-state index is 0.467. The Kier molecular flexibility index (Phi) is 2.87. The second kappa shape index (κ2) is 4.13. The number of hydrogen-bond acceptors (Lipinski definition) is 2. The highest BCUT2D eigenvalue weighted by Crippen LogP contribution is 2.28. The lowest BCUT2D eigenvalue weighted by Gasteiger charge is -2.10. The van der Waals surface area contributed by atoms with E-state index in [1.807, 2.05) is 12.4 Å². The van der Waals surface area contributed by atoms with Crippen LogP contribution in [-0.4, -0.2) is 16.2 Å². The normalized spacial score (nSPS) is 16.5. The molecule has 0 unspecified atom stereocenters. The quantitative estimate of drug-likeness (QED) is 0.719. The highest BCUT2D eigenvalue weighted by Gasteiger charge is 2.21. The third-order valence-electron chi connectivity index (χ3n) is 2.54. The summed E-state index contributed by atoms with van der Waals surface area (Å²) in [5.41, 5.74) is 0. The molecule has 0 aromatic carbocycles. The van der Waals surface area contributed by atoms with Crippen molar-refractivity contribution in [2.24, 2.45) is 5.92 Å². The molecule has 1 aromatic heterocycles. The van der Waals surface area contributed by atoms with Crippen LogP contribution in [0.5, 0.6) is 0 Å². The van der Waals surface area contributed by atoms with E-state index in [0.29, 0.717) is 12.6 Å². The molecule has 3 nitrogen and oxygen atoms in total. The van der Waals surface area contributed by atoms with Crippen LogP contribution >= 0.6 is 0 Å². The maximum Gasteiger partial charge on any atom is 0.124 e. The van der Waals surface area contributed by atoms with Crippen LogP contribution < -0.4 is 0 Å². The van der Waals surface area contributed by atoms with E-state index in [2.05, 4.69) is 23.4 Å². The molecule has 14 heavy (non-hydrogen) atoms. The minimum Gasteiger partial charge on any atom is -0.360 e. The molecule has 3 heteroatoms. The van der Waals surface area contributed by atoms with Crippen molar-refractivity contribution in [2.75, 3.05) is 6.61 Å². The summed E-state index contributed by atoms with van der Waals surface area (Å²) in [6.07, 6.45) is 6.53. The maximum absolute atomic E-state index is 5.62. The summed E-state index contributed by atoms with van der Waals surface area (Å²) in [6, 6.07) is 0. The Hall–Kier alpha value is -0.830. The Morgan fingerprint density at radius 2 is 2.36 bits per heavy atom. The summed E-state index contributed by atoms with van der Waals surface area (Å²) < 4.78 is 7.71. The van der Waals surface area contributed by atoms with Crippen molar-refractivity contribution in [2.45, 2.75) is 39.3 Å². The van der Waals surface area contributed by atoms with E-state index in [1.165, 1.54) is 12.8 Å². The van der Waals surface area contributed by atoms with Crippen LogP contribution in [0.25, 0.3) is 0 Å². The fourth-order valence-corrected chi connectivity index (χ4v) is 1.53. The highest BCUT2D eigenvalue weighted by molar-refractivity contribution is 4.96. The molecular weight excluding hydrogens is 176 g/mol. The number of imidazole rings is 1. The molecule has 1 heterocycles. The van der Waals surface area contributed by atoms with Crippen molar-refractivity contribution in [1.29, 1.82) is 0 Å². The van der Waals surface area contributed by atoms with Gasteiger partial charge in [-0.15, -0.1) is 0 Å². The van der Waals surface area contributed by atoms with Gasteiger partial charge in [0.1, 0.15) is 12.6 Å². The lowest BCUT2D eigenvalue weighted by atomic mass is 10.2. The van der Waals surface area contributed by atoms with Gasteiger partial charge in [-0.05, 0) is 18.8 Å². The first kappa shape index (κ1) is 9.71. The molecule has 1 aromatic rings. The third-order valence-corrected chi connectivity index (χ3v) is 2.54. The van der Waals surface area contributed by atoms with Crippen molar-refractivity contribution in [3.05, 3.63) is 18.2 Å². The van der Waals surface area contributed by atoms with Gasteiger partial charge in [0.25, 0.3) is 0 Å². The van der Waals surface area contributed by atoms with Gasteiger partial charge in [0.15, 0.2) is 0 Å². The second-order valence-corrected chi connectivity index (χ2v) is 4.35. The van der Waals surface area contributed by atoms with Gasteiger partial charge in [0.05, 0.1) is 6.61 Å². The standard InChI is InChI=1S/C11H18N2O/c1-9(2)11-12-5-6-13(11)8-14-7-10-3-4-10/h5-6,9-10H,3-4,7-8H2,1-2H3. The van der Waals surface area contributed by atoms with Gasteiger partial charge in [-0.25, -0.2) is 4.98 Å². The number of aromatic nitrogens is 2. The van der Waals surface area contributed by atoms with Crippen LogP contribution in [0, 0.1) is 5.92 Å². The Labute approximate surface area is 85.1 Å². The lowest BCUT2D eigenvalue weighted by molar-refractivity contribution is 0.0667. The van der Waals surface area contributed by atoms with E-state index in [1.54, 1.807) is 0 Å². The molecule has 0 aliphatic heterocycles. The van der Waals surface area contributed by atoms with Gasteiger partial charge in [-0.3, -0.25) is 0 Å². The molecule has 1 aliphatic rings. The van der Waals surface area contributed by atoms with E-state index in [4.69, 9.17) is 4.74 Å². The maximum atomic E-state index is 5.62. The Morgan fingerprint density at radius 3 is 3.00 bits per heavy atom. The molecule has 0 N–H and O–H groups in total. The number of nitrogens with zero attached hydrogens (tertiary/aromatic N) is 2. The number of ether oxygens (including phenoxy) is 1. The van der Waals surface area contributed by atoms with Crippen molar-refractivity contribution in [1.82, 2.24) is 9.55 Å². The van der Waals surface area contributed by atoms with Gasteiger partial charge in [0.2, 0.25) is 0 Å². The predicted molar refractivity (Wildman–Crippen MR) is 55.0 cm³/mol. The van der Waals surface area contributed by atoms with E-state index in [0.717, 1.165) is 18.3 Å². The molecule has 1 saturated carbocycles. The SMILES string of the molecule is CC(C)c1nccn1COCC1CC1. The second-order valence-electron chi connectivity index (χ2n) is 4.35. The van der Waals surface area contributed by atoms with Gasteiger partial charge in [0, 0.05) is 18.3 Å². The number of rotatable bonds is 5. The van der Waals surface area contributed by atoms with Crippen molar-refractivity contribution < 1.29 is 4.74 Å². The molecular formula is C11H18N2O. The van der Waals surface area contributed by atoms with Crippen LogP contribution in [-0.2, 0) is 11.5 Å². The summed E-state index contributed by atoms with van der Waals surface area (Å²) in [7, 11) is 0. The molecule has 0 atom stereocenters. The summed E-state index contributed by atoms with van der Waals surface area (Å²) in [4.78, 5) is 4.31. The first-order chi connectivity index (χ1) is 6.77. The minimum absolute atomic E-state index is 0.467. The zero-order chi connectivity index (χ0) is 9.97. The van der Waals surface area contributed by atoms with Gasteiger partial charge < -0.3 is 9.30 Å². The van der Waals surface area contributed by atoms with Gasteiger partial charge in [-0.2, -0.15) is 0 Å². The summed E-state index contributed by atoms with van der Waals surface area (Å²) in [5.74, 6) is 2.41. The summed E-state index contributed by atoms with van der Waals surface area (Å²) in [6.45, 7) is 5.87. The van der Waals surface area contributed by atoms with Crippen LogP contribution in [0.1, 0.15) is 38.4 Å². The fraction of sp³-hybridized carbons (Fsp3) is 0.727. The molecule has 0 bridgehead atoms. The third kappa shape index (κ3) is 2.35. The fourth-order valence-electron chi connectivity index (χ4n) is 1.53. The van der Waals surface area contributed by atoms with Crippen molar-refractivity contribution in [3.8, 4) is 0 Å². The molecule has 0 spiro atoms. The highest BCUT2D eigenvalue weighted by atomic mass is 16.5. The first-order valence-electron chi connectivity index (χ1n) is 5.36.